The predicted octanol–water partition coefficient (Wildman–Crippen LogP) is 7.07. The van der Waals surface area contributed by atoms with Crippen LogP contribution in [0.5, 0.6) is 0 Å². The van der Waals surface area contributed by atoms with Gasteiger partial charge in [-0.1, -0.05) is 77.9 Å². The van der Waals surface area contributed by atoms with Crippen molar-refractivity contribution in [3.8, 4) is 0 Å². The van der Waals surface area contributed by atoms with Crippen LogP contribution in [0, 0.1) is 0 Å². The van der Waals surface area contributed by atoms with Crippen LogP contribution in [-0.2, 0) is 10.8 Å². The quantitative estimate of drug-likeness (QED) is 0.355. The number of rotatable bonds is 0. The molecular formula is C24H27N. The topological polar surface area (TPSA) is 15.8 Å². The zero-order valence-corrected chi connectivity index (χ0v) is 16.1. The molecule has 4 rings (SSSR count). The maximum Gasteiger partial charge on any atom is 0.0547 e. The summed E-state index contributed by atoms with van der Waals surface area (Å²) in [5.41, 5.74) is 5.54. The number of para-hydroxylation sites is 1. The van der Waals surface area contributed by atoms with Gasteiger partial charge in [-0.3, -0.25) is 0 Å². The Labute approximate surface area is 150 Å². The highest BCUT2D eigenvalue weighted by Gasteiger charge is 2.22. The van der Waals surface area contributed by atoms with Gasteiger partial charge in [0.15, 0.2) is 0 Å². The minimum Gasteiger partial charge on any atom is -0.354 e. The molecule has 3 aromatic carbocycles. The zero-order chi connectivity index (χ0) is 18.0. The van der Waals surface area contributed by atoms with E-state index in [1.54, 1.807) is 0 Å². The van der Waals surface area contributed by atoms with E-state index in [0.717, 1.165) is 0 Å². The van der Waals surface area contributed by atoms with E-state index in [-0.39, 0.29) is 10.8 Å². The summed E-state index contributed by atoms with van der Waals surface area (Å²) in [6.07, 6.45) is 0. The summed E-state index contributed by atoms with van der Waals surface area (Å²) in [6.45, 7) is 13.8. The Morgan fingerprint density at radius 3 is 2.12 bits per heavy atom. The van der Waals surface area contributed by atoms with Gasteiger partial charge in [0.1, 0.15) is 0 Å². The molecule has 1 heterocycles. The van der Waals surface area contributed by atoms with Crippen LogP contribution in [0.2, 0.25) is 0 Å². The van der Waals surface area contributed by atoms with Crippen molar-refractivity contribution in [2.24, 2.45) is 0 Å². The summed E-state index contributed by atoms with van der Waals surface area (Å²) < 4.78 is 0. The minimum absolute atomic E-state index is 0.0924. The normalized spacial score (nSPS) is 13.2. The van der Waals surface area contributed by atoms with Gasteiger partial charge < -0.3 is 4.98 Å². The van der Waals surface area contributed by atoms with Crippen LogP contribution in [0.1, 0.15) is 52.7 Å². The van der Waals surface area contributed by atoms with E-state index in [9.17, 15) is 0 Å². The monoisotopic (exact) mass is 329 g/mol. The highest BCUT2D eigenvalue weighted by atomic mass is 14.7. The first-order valence-corrected chi connectivity index (χ1v) is 9.14. The Morgan fingerprint density at radius 2 is 1.44 bits per heavy atom. The fourth-order valence-electron chi connectivity index (χ4n) is 3.82. The largest absolute Gasteiger partial charge is 0.354 e. The third-order valence-electron chi connectivity index (χ3n) is 5.27. The molecule has 0 saturated heterocycles. The van der Waals surface area contributed by atoms with Crippen molar-refractivity contribution in [2.75, 3.05) is 0 Å². The van der Waals surface area contributed by atoms with Gasteiger partial charge in [-0.2, -0.15) is 0 Å². The van der Waals surface area contributed by atoms with Crippen LogP contribution < -0.4 is 0 Å². The molecule has 4 aromatic rings. The van der Waals surface area contributed by atoms with Gasteiger partial charge >= 0.3 is 0 Å². The predicted molar refractivity (Wildman–Crippen MR) is 111 cm³/mol. The molecule has 0 atom stereocenters. The van der Waals surface area contributed by atoms with Gasteiger partial charge in [0.05, 0.1) is 5.52 Å². The number of aromatic nitrogens is 1. The summed E-state index contributed by atoms with van der Waals surface area (Å²) in [6, 6.07) is 18.0. The minimum atomic E-state index is 0.0924. The lowest BCUT2D eigenvalue weighted by molar-refractivity contribution is 0.591. The van der Waals surface area contributed by atoms with Gasteiger partial charge in [0.25, 0.3) is 0 Å². The maximum absolute atomic E-state index is 3.69. The van der Waals surface area contributed by atoms with Crippen LogP contribution in [0.15, 0.2) is 48.5 Å². The number of hydrogen-bond donors (Lipinski definition) is 1. The van der Waals surface area contributed by atoms with Gasteiger partial charge in [-0.15, -0.1) is 0 Å². The van der Waals surface area contributed by atoms with E-state index in [1.807, 2.05) is 0 Å². The summed E-state index contributed by atoms with van der Waals surface area (Å²) in [5, 5.41) is 5.34. The Bertz CT molecular complexity index is 1100. The molecule has 0 spiro atoms. The van der Waals surface area contributed by atoms with Crippen molar-refractivity contribution < 1.29 is 0 Å². The van der Waals surface area contributed by atoms with E-state index >= 15 is 0 Å². The molecule has 0 radical (unpaired) electrons. The lowest BCUT2D eigenvalue weighted by Gasteiger charge is -2.23. The molecule has 0 aliphatic carbocycles. The zero-order valence-electron chi connectivity index (χ0n) is 16.1. The van der Waals surface area contributed by atoms with Crippen LogP contribution in [0.3, 0.4) is 0 Å². The van der Waals surface area contributed by atoms with E-state index in [2.05, 4.69) is 95.1 Å². The lowest BCUT2D eigenvalue weighted by Crippen LogP contribution is -2.12. The van der Waals surface area contributed by atoms with Crippen molar-refractivity contribution in [2.45, 2.75) is 52.4 Å². The van der Waals surface area contributed by atoms with Gasteiger partial charge in [-0.25, -0.2) is 0 Å². The van der Waals surface area contributed by atoms with Crippen LogP contribution >= 0.6 is 0 Å². The molecule has 1 aromatic heterocycles. The summed E-state index contributed by atoms with van der Waals surface area (Å²) in [5.74, 6) is 0. The third kappa shape index (κ3) is 2.54. The average Bonchev–Trinajstić information content (AvgIpc) is 2.91. The van der Waals surface area contributed by atoms with E-state index in [1.165, 1.54) is 43.7 Å². The standard InChI is InChI=1S/C24H27N/c1-23(2,3)16-11-12-17-15(13-16)14-19(24(4,5)6)21-18-9-7-8-10-20(18)25-22(17)21/h7-14,25H,1-6H3. The molecule has 0 amide bonds. The smallest absolute Gasteiger partial charge is 0.0547 e. The van der Waals surface area contributed by atoms with Crippen LogP contribution in [0.25, 0.3) is 32.6 Å². The number of H-pyrrole nitrogens is 1. The molecule has 0 bridgehead atoms. The first-order valence-electron chi connectivity index (χ1n) is 9.14. The van der Waals surface area contributed by atoms with Crippen molar-refractivity contribution in [1.82, 2.24) is 4.98 Å². The SMILES string of the molecule is CC(C)(C)c1ccc2c(c1)cc(C(C)(C)C)c1c3ccccc3[nH]c21. The highest BCUT2D eigenvalue weighted by Crippen LogP contribution is 2.40. The molecule has 0 fully saturated rings. The fourth-order valence-corrected chi connectivity index (χ4v) is 3.82. The van der Waals surface area contributed by atoms with Gasteiger partial charge in [0, 0.05) is 21.7 Å². The highest BCUT2D eigenvalue weighted by molar-refractivity contribution is 6.18. The van der Waals surface area contributed by atoms with E-state index in [4.69, 9.17) is 0 Å². The molecular weight excluding hydrogens is 302 g/mol. The van der Waals surface area contributed by atoms with Crippen molar-refractivity contribution in [1.29, 1.82) is 0 Å². The van der Waals surface area contributed by atoms with Crippen molar-refractivity contribution >= 4 is 32.6 Å². The molecule has 128 valence electrons. The van der Waals surface area contributed by atoms with Crippen molar-refractivity contribution in [3.05, 3.63) is 59.7 Å². The Balaban J connectivity index is 2.21. The third-order valence-corrected chi connectivity index (χ3v) is 5.27. The summed E-state index contributed by atoms with van der Waals surface area (Å²) in [7, 11) is 0. The number of aromatic amines is 1. The number of hydrogen-bond acceptors (Lipinski definition) is 0. The second-order valence-corrected chi connectivity index (χ2v) is 9.28. The van der Waals surface area contributed by atoms with Gasteiger partial charge in [0.2, 0.25) is 0 Å². The Kier molecular flexibility index (Phi) is 3.31. The number of nitrogens with one attached hydrogen (secondary N) is 1. The molecule has 0 aliphatic heterocycles. The first-order chi connectivity index (χ1) is 11.7. The summed E-state index contributed by atoms with van der Waals surface area (Å²) in [4.78, 5) is 3.69. The molecule has 1 heteroatoms. The fraction of sp³-hybridized carbons (Fsp3) is 0.333. The van der Waals surface area contributed by atoms with E-state index in [0.29, 0.717) is 0 Å². The second kappa shape index (κ2) is 5.11. The molecule has 1 N–H and O–H groups in total. The molecule has 0 saturated carbocycles. The van der Waals surface area contributed by atoms with E-state index < -0.39 is 0 Å². The maximum atomic E-state index is 3.69. The van der Waals surface area contributed by atoms with Crippen LogP contribution in [-0.4, -0.2) is 4.98 Å². The Hall–Kier alpha value is -2.28. The molecule has 1 nitrogen and oxygen atoms in total. The number of benzene rings is 3. The Morgan fingerprint density at radius 1 is 0.720 bits per heavy atom. The van der Waals surface area contributed by atoms with Gasteiger partial charge in [-0.05, 0) is 39.5 Å². The van der Waals surface area contributed by atoms with Crippen LogP contribution in [0.4, 0.5) is 0 Å². The second-order valence-electron chi connectivity index (χ2n) is 9.28. The molecule has 0 unspecified atom stereocenters. The molecule has 0 aliphatic rings. The summed E-state index contributed by atoms with van der Waals surface area (Å²) >= 11 is 0. The first kappa shape index (κ1) is 16.2. The van der Waals surface area contributed by atoms with Crippen molar-refractivity contribution in [3.63, 3.8) is 0 Å². The molecule has 25 heavy (non-hydrogen) atoms. The lowest BCUT2D eigenvalue weighted by atomic mass is 9.81. The number of fused-ring (bicyclic) bond motifs is 5. The average molecular weight is 329 g/mol.